The van der Waals surface area contributed by atoms with Crippen LogP contribution in [0.4, 0.5) is 0 Å². The van der Waals surface area contributed by atoms with Gasteiger partial charge in [-0.05, 0) is 42.7 Å². The Morgan fingerprint density at radius 3 is 2.72 bits per heavy atom. The van der Waals surface area contributed by atoms with Crippen LogP contribution in [0.1, 0.15) is 25.1 Å². The molecule has 1 heterocycles. The zero-order chi connectivity index (χ0) is 13.1. The highest BCUT2D eigenvalue weighted by Gasteiger charge is 2.05. The fraction of sp³-hybridized carbons (Fsp3) is 0.400. The average molecular weight is 245 g/mol. The number of nitrogens with zero attached hydrogens (tertiary/aromatic N) is 1. The van der Waals surface area contributed by atoms with Gasteiger partial charge in [-0.1, -0.05) is 13.8 Å². The Kier molecular flexibility index (Phi) is 3.82. The predicted octanol–water partition coefficient (Wildman–Crippen LogP) is 3.07. The van der Waals surface area contributed by atoms with E-state index in [1.54, 1.807) is 0 Å². The van der Waals surface area contributed by atoms with Crippen molar-refractivity contribution in [1.29, 1.82) is 0 Å². The summed E-state index contributed by atoms with van der Waals surface area (Å²) < 4.78 is 5.70. The van der Waals surface area contributed by atoms with E-state index in [4.69, 9.17) is 4.74 Å². The maximum absolute atomic E-state index is 9.40. The van der Waals surface area contributed by atoms with E-state index in [2.05, 4.69) is 18.8 Å². The topological polar surface area (TPSA) is 42.4 Å². The van der Waals surface area contributed by atoms with Crippen molar-refractivity contribution in [2.45, 2.75) is 27.4 Å². The van der Waals surface area contributed by atoms with Gasteiger partial charge in [0, 0.05) is 11.1 Å². The van der Waals surface area contributed by atoms with Crippen LogP contribution in [0.2, 0.25) is 0 Å². The van der Waals surface area contributed by atoms with Crippen LogP contribution in [0.5, 0.6) is 5.75 Å². The van der Waals surface area contributed by atoms with E-state index >= 15 is 0 Å². The van der Waals surface area contributed by atoms with Gasteiger partial charge in [-0.25, -0.2) is 0 Å². The maximum atomic E-state index is 9.40. The van der Waals surface area contributed by atoms with Crippen molar-refractivity contribution < 1.29 is 9.84 Å². The number of benzene rings is 1. The molecule has 0 radical (unpaired) electrons. The van der Waals surface area contributed by atoms with Gasteiger partial charge in [-0.3, -0.25) is 4.98 Å². The second-order valence-corrected chi connectivity index (χ2v) is 4.96. The summed E-state index contributed by atoms with van der Waals surface area (Å²) in [6, 6.07) is 7.74. The van der Waals surface area contributed by atoms with Crippen LogP contribution in [-0.2, 0) is 6.61 Å². The van der Waals surface area contributed by atoms with Crippen LogP contribution in [0, 0.1) is 12.8 Å². The fourth-order valence-electron chi connectivity index (χ4n) is 1.91. The van der Waals surface area contributed by atoms with E-state index in [-0.39, 0.29) is 6.61 Å². The summed E-state index contributed by atoms with van der Waals surface area (Å²) in [5.74, 6) is 1.32. The molecule has 18 heavy (non-hydrogen) atoms. The van der Waals surface area contributed by atoms with Gasteiger partial charge < -0.3 is 9.84 Å². The number of ether oxygens (including phenoxy) is 1. The van der Waals surface area contributed by atoms with Gasteiger partial charge in [-0.2, -0.15) is 0 Å². The highest BCUT2D eigenvalue weighted by Crippen LogP contribution is 2.24. The number of aryl methyl sites for hydroxylation is 1. The smallest absolute Gasteiger partial charge is 0.120 e. The molecule has 0 bridgehead atoms. The van der Waals surface area contributed by atoms with Gasteiger partial charge in [0.2, 0.25) is 0 Å². The molecule has 0 saturated heterocycles. The highest BCUT2D eigenvalue weighted by molar-refractivity contribution is 5.83. The molecule has 1 N–H and O–H groups in total. The molecule has 1 aromatic carbocycles. The molecule has 0 unspecified atom stereocenters. The minimum Gasteiger partial charge on any atom is -0.493 e. The summed E-state index contributed by atoms with van der Waals surface area (Å²) >= 11 is 0. The van der Waals surface area contributed by atoms with Crippen molar-refractivity contribution in [2.24, 2.45) is 5.92 Å². The molecule has 0 atom stereocenters. The van der Waals surface area contributed by atoms with Crippen LogP contribution in [0.25, 0.3) is 10.9 Å². The molecule has 96 valence electrons. The lowest BCUT2D eigenvalue weighted by molar-refractivity contribution is 0.271. The molecule has 0 amide bonds. The van der Waals surface area contributed by atoms with Crippen molar-refractivity contribution in [3.8, 4) is 5.75 Å². The summed E-state index contributed by atoms with van der Waals surface area (Å²) in [5, 5.41) is 10.4. The van der Waals surface area contributed by atoms with E-state index in [1.165, 1.54) is 0 Å². The third kappa shape index (κ3) is 2.79. The van der Waals surface area contributed by atoms with Gasteiger partial charge in [0.05, 0.1) is 18.7 Å². The van der Waals surface area contributed by atoms with Crippen molar-refractivity contribution in [3.63, 3.8) is 0 Å². The number of hydrogen-bond donors (Lipinski definition) is 1. The van der Waals surface area contributed by atoms with Crippen LogP contribution >= 0.6 is 0 Å². The molecule has 0 aliphatic rings. The molecule has 3 heteroatoms. The summed E-state index contributed by atoms with van der Waals surface area (Å²) in [5.41, 5.74) is 2.71. The number of rotatable bonds is 4. The first-order valence-electron chi connectivity index (χ1n) is 6.24. The Labute approximate surface area is 107 Å². The molecule has 1 aromatic heterocycles. The monoisotopic (exact) mass is 245 g/mol. The van der Waals surface area contributed by atoms with E-state index in [0.717, 1.165) is 27.9 Å². The van der Waals surface area contributed by atoms with Gasteiger partial charge in [0.15, 0.2) is 0 Å². The number of aliphatic hydroxyl groups is 1. The lowest BCUT2D eigenvalue weighted by atomic mass is 10.1. The molecule has 2 rings (SSSR count). The first-order valence-corrected chi connectivity index (χ1v) is 6.24. The standard InChI is InChI=1S/C15H19NO2/c1-10(2)9-18-13-4-5-15-14(7-13)12(8-17)6-11(3)16-15/h4-7,10,17H,8-9H2,1-3H3. The third-order valence-corrected chi connectivity index (χ3v) is 2.75. The number of pyridine rings is 1. The van der Waals surface area contributed by atoms with Crippen molar-refractivity contribution in [3.05, 3.63) is 35.5 Å². The number of hydrogen-bond acceptors (Lipinski definition) is 3. The van der Waals surface area contributed by atoms with Crippen molar-refractivity contribution >= 4 is 10.9 Å². The SMILES string of the molecule is Cc1cc(CO)c2cc(OCC(C)C)ccc2n1. The molecular formula is C15H19NO2. The van der Waals surface area contributed by atoms with Crippen molar-refractivity contribution in [2.75, 3.05) is 6.61 Å². The molecule has 0 spiro atoms. The quantitative estimate of drug-likeness (QED) is 0.900. The van der Waals surface area contributed by atoms with Gasteiger partial charge in [0.25, 0.3) is 0 Å². The van der Waals surface area contributed by atoms with E-state index in [0.29, 0.717) is 12.5 Å². The Morgan fingerprint density at radius 1 is 1.28 bits per heavy atom. The Morgan fingerprint density at radius 2 is 2.06 bits per heavy atom. The van der Waals surface area contributed by atoms with E-state index in [1.807, 2.05) is 31.2 Å². The van der Waals surface area contributed by atoms with Gasteiger partial charge in [0.1, 0.15) is 5.75 Å². The van der Waals surface area contributed by atoms with E-state index < -0.39 is 0 Å². The van der Waals surface area contributed by atoms with Crippen molar-refractivity contribution in [1.82, 2.24) is 4.98 Å². The number of aromatic nitrogens is 1. The molecule has 0 saturated carbocycles. The second kappa shape index (κ2) is 5.36. The first-order chi connectivity index (χ1) is 8.60. The predicted molar refractivity (Wildman–Crippen MR) is 72.7 cm³/mol. The minimum absolute atomic E-state index is 0.0213. The molecule has 0 aliphatic heterocycles. The van der Waals surface area contributed by atoms with Crippen LogP contribution in [-0.4, -0.2) is 16.7 Å². The summed E-state index contributed by atoms with van der Waals surface area (Å²) in [6.45, 7) is 6.88. The Hall–Kier alpha value is -1.61. The largest absolute Gasteiger partial charge is 0.493 e. The molecule has 2 aromatic rings. The number of fused-ring (bicyclic) bond motifs is 1. The van der Waals surface area contributed by atoms with Gasteiger partial charge >= 0.3 is 0 Å². The second-order valence-electron chi connectivity index (χ2n) is 4.96. The Balaban J connectivity index is 2.40. The zero-order valence-corrected chi connectivity index (χ0v) is 11.1. The zero-order valence-electron chi connectivity index (χ0n) is 11.1. The normalized spacial score (nSPS) is 11.2. The maximum Gasteiger partial charge on any atom is 0.120 e. The summed E-state index contributed by atoms with van der Waals surface area (Å²) in [7, 11) is 0. The summed E-state index contributed by atoms with van der Waals surface area (Å²) in [6.07, 6.45) is 0. The third-order valence-electron chi connectivity index (χ3n) is 2.75. The van der Waals surface area contributed by atoms with Crippen LogP contribution < -0.4 is 4.74 Å². The molecule has 0 aliphatic carbocycles. The summed E-state index contributed by atoms with van der Waals surface area (Å²) in [4.78, 5) is 4.45. The fourth-order valence-corrected chi connectivity index (χ4v) is 1.91. The average Bonchev–Trinajstić information content (AvgIpc) is 2.35. The highest BCUT2D eigenvalue weighted by atomic mass is 16.5. The minimum atomic E-state index is 0.0213. The van der Waals surface area contributed by atoms with Crippen LogP contribution in [0.3, 0.4) is 0 Å². The lowest BCUT2D eigenvalue weighted by Gasteiger charge is -2.11. The molecule has 3 nitrogen and oxygen atoms in total. The number of aliphatic hydroxyl groups excluding tert-OH is 1. The van der Waals surface area contributed by atoms with E-state index in [9.17, 15) is 5.11 Å². The first kappa shape index (κ1) is 12.8. The van der Waals surface area contributed by atoms with Crippen LogP contribution in [0.15, 0.2) is 24.3 Å². The lowest BCUT2D eigenvalue weighted by Crippen LogP contribution is -2.04. The molecular weight excluding hydrogens is 226 g/mol. The molecule has 0 fully saturated rings. The van der Waals surface area contributed by atoms with Gasteiger partial charge in [-0.15, -0.1) is 0 Å². The Bertz CT molecular complexity index is 549.